The van der Waals surface area contributed by atoms with Gasteiger partial charge in [0.05, 0.1) is 7.11 Å². The van der Waals surface area contributed by atoms with E-state index in [0.717, 1.165) is 5.69 Å². The minimum atomic E-state index is -0.283. The van der Waals surface area contributed by atoms with Crippen molar-refractivity contribution in [2.75, 3.05) is 17.7 Å². The number of methoxy groups -OCH3 is 1. The minimum absolute atomic E-state index is 0.0742. The first-order valence-electron chi connectivity index (χ1n) is 8.11. The Morgan fingerprint density at radius 3 is 2.38 bits per heavy atom. The molecule has 6 nitrogen and oxygen atoms in total. The van der Waals surface area contributed by atoms with Crippen LogP contribution in [-0.4, -0.2) is 17.6 Å². The molecule has 1 heterocycles. The molecule has 0 saturated carbocycles. The number of benzene rings is 2. The predicted octanol–water partition coefficient (Wildman–Crippen LogP) is 3.24. The SMILES string of the molecule is COc1ccc(NC(=O)Cn2cccc(Nc3ccccc3)c2=O)cc1. The average Bonchev–Trinajstić information content (AvgIpc) is 2.66. The normalized spacial score (nSPS) is 10.2. The van der Waals surface area contributed by atoms with Crippen LogP contribution in [0.2, 0.25) is 0 Å². The van der Waals surface area contributed by atoms with Crippen LogP contribution in [0.5, 0.6) is 5.75 Å². The number of hydrogen-bond donors (Lipinski definition) is 2. The van der Waals surface area contributed by atoms with E-state index in [0.29, 0.717) is 17.1 Å². The zero-order chi connectivity index (χ0) is 18.4. The van der Waals surface area contributed by atoms with E-state index in [-0.39, 0.29) is 18.0 Å². The standard InChI is InChI=1S/C20H19N3O3/c1-26-17-11-9-16(10-12-17)22-19(24)14-23-13-5-8-18(20(23)25)21-15-6-3-2-4-7-15/h2-13,21H,14H2,1H3,(H,22,24). The molecule has 2 N–H and O–H groups in total. The van der Waals surface area contributed by atoms with Gasteiger partial charge in [0, 0.05) is 17.6 Å². The first-order valence-corrected chi connectivity index (χ1v) is 8.11. The first-order chi connectivity index (χ1) is 12.7. The molecule has 0 atom stereocenters. The summed E-state index contributed by atoms with van der Waals surface area (Å²) in [6, 6.07) is 19.8. The summed E-state index contributed by atoms with van der Waals surface area (Å²) in [5.74, 6) is 0.424. The summed E-state index contributed by atoms with van der Waals surface area (Å²) in [6.45, 7) is -0.0742. The predicted molar refractivity (Wildman–Crippen MR) is 102 cm³/mol. The molecule has 0 fully saturated rings. The zero-order valence-corrected chi connectivity index (χ0v) is 14.3. The Labute approximate surface area is 151 Å². The van der Waals surface area contributed by atoms with E-state index in [1.54, 1.807) is 49.7 Å². The van der Waals surface area contributed by atoms with Crippen LogP contribution in [0.15, 0.2) is 77.7 Å². The van der Waals surface area contributed by atoms with E-state index in [2.05, 4.69) is 10.6 Å². The molecule has 1 aromatic heterocycles. The number of rotatable bonds is 6. The fourth-order valence-corrected chi connectivity index (χ4v) is 2.46. The van der Waals surface area contributed by atoms with Gasteiger partial charge in [0.2, 0.25) is 5.91 Å². The van der Waals surface area contributed by atoms with E-state index in [1.165, 1.54) is 4.57 Å². The Kier molecular flexibility index (Phi) is 5.34. The number of ether oxygens (including phenoxy) is 1. The molecule has 26 heavy (non-hydrogen) atoms. The Morgan fingerprint density at radius 1 is 0.962 bits per heavy atom. The second-order valence-electron chi connectivity index (χ2n) is 5.62. The molecule has 2 aromatic carbocycles. The molecule has 0 aliphatic heterocycles. The van der Waals surface area contributed by atoms with Crippen molar-refractivity contribution in [3.63, 3.8) is 0 Å². The lowest BCUT2D eigenvalue weighted by Crippen LogP contribution is -2.28. The van der Waals surface area contributed by atoms with Gasteiger partial charge < -0.3 is 19.9 Å². The highest BCUT2D eigenvalue weighted by Gasteiger charge is 2.08. The van der Waals surface area contributed by atoms with Crippen LogP contribution in [0.25, 0.3) is 0 Å². The van der Waals surface area contributed by atoms with E-state index in [1.807, 2.05) is 30.3 Å². The maximum atomic E-state index is 12.5. The zero-order valence-electron chi connectivity index (χ0n) is 14.3. The maximum Gasteiger partial charge on any atom is 0.274 e. The molecule has 0 bridgehead atoms. The lowest BCUT2D eigenvalue weighted by molar-refractivity contribution is -0.116. The quantitative estimate of drug-likeness (QED) is 0.717. The first kappa shape index (κ1) is 17.3. The number of carbonyl (C=O) groups excluding carboxylic acids is 1. The summed E-state index contributed by atoms with van der Waals surface area (Å²) in [6.07, 6.45) is 1.59. The average molecular weight is 349 g/mol. The van der Waals surface area contributed by atoms with E-state index >= 15 is 0 Å². The molecule has 3 aromatic rings. The van der Waals surface area contributed by atoms with Crippen molar-refractivity contribution in [1.82, 2.24) is 4.57 Å². The lowest BCUT2D eigenvalue weighted by Gasteiger charge is -2.10. The summed E-state index contributed by atoms with van der Waals surface area (Å²) in [5.41, 5.74) is 1.60. The molecule has 0 radical (unpaired) electrons. The molecular formula is C20H19N3O3. The molecule has 6 heteroatoms. The summed E-state index contributed by atoms with van der Waals surface area (Å²) in [5, 5.41) is 5.83. The smallest absolute Gasteiger partial charge is 0.274 e. The number of pyridine rings is 1. The number of anilines is 3. The van der Waals surface area contributed by atoms with E-state index in [9.17, 15) is 9.59 Å². The van der Waals surface area contributed by atoms with E-state index in [4.69, 9.17) is 4.74 Å². The number of nitrogens with one attached hydrogen (secondary N) is 2. The van der Waals surface area contributed by atoms with Crippen LogP contribution < -0.4 is 20.9 Å². The van der Waals surface area contributed by atoms with Crippen molar-refractivity contribution in [3.05, 3.63) is 83.3 Å². The molecule has 0 unspecified atom stereocenters. The summed E-state index contributed by atoms with van der Waals surface area (Å²) in [4.78, 5) is 24.8. The molecule has 3 rings (SSSR count). The highest BCUT2D eigenvalue weighted by molar-refractivity contribution is 5.90. The fraction of sp³-hybridized carbons (Fsp3) is 0.100. The summed E-state index contributed by atoms with van der Waals surface area (Å²) in [7, 11) is 1.58. The highest BCUT2D eigenvalue weighted by atomic mass is 16.5. The Morgan fingerprint density at radius 2 is 1.69 bits per heavy atom. The summed E-state index contributed by atoms with van der Waals surface area (Å²) < 4.78 is 6.45. The van der Waals surface area contributed by atoms with Crippen LogP contribution in [-0.2, 0) is 11.3 Å². The van der Waals surface area contributed by atoms with Gasteiger partial charge in [-0.2, -0.15) is 0 Å². The molecular weight excluding hydrogens is 330 g/mol. The van der Waals surface area contributed by atoms with Crippen LogP contribution >= 0.6 is 0 Å². The molecule has 132 valence electrons. The van der Waals surface area contributed by atoms with Crippen molar-refractivity contribution in [2.24, 2.45) is 0 Å². The van der Waals surface area contributed by atoms with Crippen molar-refractivity contribution in [2.45, 2.75) is 6.54 Å². The second-order valence-corrected chi connectivity index (χ2v) is 5.62. The second kappa shape index (κ2) is 8.02. The van der Waals surface area contributed by atoms with Crippen LogP contribution in [0, 0.1) is 0 Å². The Bertz CT molecular complexity index is 935. The number of para-hydroxylation sites is 1. The number of hydrogen-bond acceptors (Lipinski definition) is 4. The third kappa shape index (κ3) is 4.30. The number of amides is 1. The Hall–Kier alpha value is -3.54. The van der Waals surface area contributed by atoms with Gasteiger partial charge >= 0.3 is 0 Å². The molecule has 0 saturated heterocycles. The topological polar surface area (TPSA) is 72.4 Å². The van der Waals surface area contributed by atoms with Gasteiger partial charge in [0.15, 0.2) is 0 Å². The van der Waals surface area contributed by atoms with Crippen molar-refractivity contribution in [1.29, 1.82) is 0 Å². The van der Waals surface area contributed by atoms with Gasteiger partial charge in [-0.1, -0.05) is 18.2 Å². The molecule has 0 aliphatic carbocycles. The third-order valence-corrected chi connectivity index (χ3v) is 3.76. The lowest BCUT2D eigenvalue weighted by atomic mass is 10.3. The summed E-state index contributed by atoms with van der Waals surface area (Å²) >= 11 is 0. The number of carbonyl (C=O) groups is 1. The van der Waals surface area contributed by atoms with E-state index < -0.39 is 0 Å². The van der Waals surface area contributed by atoms with Gasteiger partial charge in [-0.05, 0) is 48.5 Å². The molecule has 1 amide bonds. The van der Waals surface area contributed by atoms with Crippen molar-refractivity contribution >= 4 is 23.0 Å². The largest absolute Gasteiger partial charge is 0.497 e. The van der Waals surface area contributed by atoms with Crippen LogP contribution in [0.4, 0.5) is 17.1 Å². The van der Waals surface area contributed by atoms with Crippen LogP contribution in [0.1, 0.15) is 0 Å². The molecule has 0 spiro atoms. The van der Waals surface area contributed by atoms with Crippen molar-refractivity contribution in [3.8, 4) is 5.75 Å². The van der Waals surface area contributed by atoms with Crippen LogP contribution in [0.3, 0.4) is 0 Å². The molecule has 0 aliphatic rings. The fourth-order valence-electron chi connectivity index (χ4n) is 2.46. The Balaban J connectivity index is 1.70. The van der Waals surface area contributed by atoms with Gasteiger partial charge in [-0.15, -0.1) is 0 Å². The number of nitrogens with zero attached hydrogens (tertiary/aromatic N) is 1. The maximum absolute atomic E-state index is 12.5. The van der Waals surface area contributed by atoms with Gasteiger partial charge in [0.25, 0.3) is 5.56 Å². The van der Waals surface area contributed by atoms with Gasteiger partial charge in [-0.25, -0.2) is 0 Å². The monoisotopic (exact) mass is 349 g/mol. The highest BCUT2D eigenvalue weighted by Crippen LogP contribution is 2.15. The van der Waals surface area contributed by atoms with Gasteiger partial charge in [0.1, 0.15) is 18.0 Å². The minimum Gasteiger partial charge on any atom is -0.497 e. The van der Waals surface area contributed by atoms with Crippen molar-refractivity contribution < 1.29 is 9.53 Å². The van der Waals surface area contributed by atoms with Gasteiger partial charge in [-0.3, -0.25) is 9.59 Å². The third-order valence-electron chi connectivity index (χ3n) is 3.76. The number of aromatic nitrogens is 1.